The average Bonchev–Trinajstić information content (AvgIpc) is 2.70. The first-order valence-corrected chi connectivity index (χ1v) is 9.93. The normalized spacial score (nSPS) is 12.1. The molecule has 0 fully saturated rings. The summed E-state index contributed by atoms with van der Waals surface area (Å²) in [5.41, 5.74) is 11.1. The van der Waals surface area contributed by atoms with Crippen molar-refractivity contribution in [3.63, 3.8) is 0 Å². The van der Waals surface area contributed by atoms with Gasteiger partial charge in [0.2, 0.25) is 0 Å². The second-order valence-corrected chi connectivity index (χ2v) is 6.92. The first kappa shape index (κ1) is 22.0. The Morgan fingerprint density at radius 2 is 1.71 bits per heavy atom. The standard InChI is InChI=1S/C20H24Cl2N4O2/c21-9-11-26(12-10-22)17-5-1-16(2-6-17)14-24-25-20(28)19(23)13-15-3-7-18(27)8-4-15/h1-8,14,19,27H,9-13,23H2,(H,25,28)/b24-14+/t19-/m0/s1. The van der Waals surface area contributed by atoms with Gasteiger partial charge in [-0.25, -0.2) is 5.43 Å². The van der Waals surface area contributed by atoms with Gasteiger partial charge in [0.25, 0.3) is 5.91 Å². The number of alkyl halides is 2. The molecule has 0 aliphatic rings. The zero-order chi connectivity index (χ0) is 20.4. The minimum atomic E-state index is -0.733. The Labute approximate surface area is 174 Å². The fraction of sp³-hybridized carbons (Fsp3) is 0.300. The molecule has 6 nitrogen and oxygen atoms in total. The maximum atomic E-state index is 12.1. The maximum absolute atomic E-state index is 12.1. The number of halogens is 2. The third-order valence-corrected chi connectivity index (χ3v) is 4.42. The van der Waals surface area contributed by atoms with Crippen LogP contribution in [0.5, 0.6) is 5.75 Å². The highest BCUT2D eigenvalue weighted by molar-refractivity contribution is 6.18. The van der Waals surface area contributed by atoms with Gasteiger partial charge in [-0.2, -0.15) is 5.10 Å². The van der Waals surface area contributed by atoms with Crippen molar-refractivity contribution in [2.75, 3.05) is 29.7 Å². The van der Waals surface area contributed by atoms with Crippen LogP contribution in [0.15, 0.2) is 53.6 Å². The van der Waals surface area contributed by atoms with E-state index in [-0.39, 0.29) is 11.7 Å². The molecule has 0 aromatic heterocycles. The zero-order valence-electron chi connectivity index (χ0n) is 15.4. The van der Waals surface area contributed by atoms with E-state index in [1.54, 1.807) is 30.5 Å². The van der Waals surface area contributed by atoms with Crippen LogP contribution in [-0.2, 0) is 11.2 Å². The van der Waals surface area contributed by atoms with Gasteiger partial charge in [-0.1, -0.05) is 24.3 Å². The van der Waals surface area contributed by atoms with Crippen LogP contribution in [0, 0.1) is 0 Å². The van der Waals surface area contributed by atoms with Crippen molar-refractivity contribution in [2.45, 2.75) is 12.5 Å². The van der Waals surface area contributed by atoms with Gasteiger partial charge in [-0.3, -0.25) is 4.79 Å². The Morgan fingerprint density at radius 1 is 1.11 bits per heavy atom. The number of hydrogen-bond donors (Lipinski definition) is 3. The molecule has 2 rings (SSSR count). The Hall–Kier alpha value is -2.28. The number of carbonyl (C=O) groups is 1. The third kappa shape index (κ3) is 7.03. The van der Waals surface area contributed by atoms with Gasteiger partial charge in [-0.15, -0.1) is 23.2 Å². The van der Waals surface area contributed by atoms with Crippen LogP contribution in [0.1, 0.15) is 11.1 Å². The Morgan fingerprint density at radius 3 is 2.29 bits per heavy atom. The van der Waals surface area contributed by atoms with E-state index in [4.69, 9.17) is 28.9 Å². The van der Waals surface area contributed by atoms with E-state index in [0.29, 0.717) is 18.2 Å². The molecule has 0 heterocycles. The van der Waals surface area contributed by atoms with Crippen molar-refractivity contribution >= 4 is 41.0 Å². The van der Waals surface area contributed by atoms with Crippen molar-refractivity contribution < 1.29 is 9.90 Å². The van der Waals surface area contributed by atoms with Gasteiger partial charge in [0.1, 0.15) is 5.75 Å². The number of nitrogens with zero attached hydrogens (tertiary/aromatic N) is 2. The Bertz CT molecular complexity index is 761. The van der Waals surface area contributed by atoms with Crippen LogP contribution in [-0.4, -0.2) is 48.1 Å². The molecular weight excluding hydrogens is 399 g/mol. The number of rotatable bonds is 10. The lowest BCUT2D eigenvalue weighted by Gasteiger charge is -2.22. The molecule has 0 radical (unpaired) electrons. The summed E-state index contributed by atoms with van der Waals surface area (Å²) < 4.78 is 0. The van der Waals surface area contributed by atoms with Crippen LogP contribution in [0.4, 0.5) is 5.69 Å². The minimum Gasteiger partial charge on any atom is -0.508 e. The topological polar surface area (TPSA) is 90.9 Å². The molecule has 2 aromatic rings. The highest BCUT2D eigenvalue weighted by atomic mass is 35.5. The number of nitrogens with one attached hydrogen (secondary N) is 1. The predicted octanol–water partition coefficient (Wildman–Crippen LogP) is 2.70. The summed E-state index contributed by atoms with van der Waals surface area (Å²) in [6.07, 6.45) is 1.91. The minimum absolute atomic E-state index is 0.172. The van der Waals surface area contributed by atoms with Gasteiger partial charge < -0.3 is 15.7 Å². The molecule has 4 N–H and O–H groups in total. The molecule has 8 heteroatoms. The molecule has 28 heavy (non-hydrogen) atoms. The summed E-state index contributed by atoms with van der Waals surface area (Å²) in [5.74, 6) is 0.842. The molecule has 2 aromatic carbocycles. The molecule has 0 bridgehead atoms. The lowest BCUT2D eigenvalue weighted by molar-refractivity contribution is -0.122. The number of carbonyl (C=O) groups excluding carboxylic acids is 1. The van der Waals surface area contributed by atoms with E-state index in [9.17, 15) is 9.90 Å². The molecule has 1 amide bonds. The summed E-state index contributed by atoms with van der Waals surface area (Å²) in [7, 11) is 0. The average molecular weight is 423 g/mol. The van der Waals surface area contributed by atoms with E-state index in [0.717, 1.165) is 29.9 Å². The fourth-order valence-corrected chi connectivity index (χ4v) is 2.99. The van der Waals surface area contributed by atoms with Crippen LogP contribution >= 0.6 is 23.2 Å². The van der Waals surface area contributed by atoms with Gasteiger partial charge in [-0.05, 0) is 41.8 Å². The van der Waals surface area contributed by atoms with Crippen LogP contribution in [0.3, 0.4) is 0 Å². The van der Waals surface area contributed by atoms with E-state index in [1.807, 2.05) is 24.3 Å². The van der Waals surface area contributed by atoms with Crippen molar-refractivity contribution in [3.05, 3.63) is 59.7 Å². The van der Waals surface area contributed by atoms with Gasteiger partial charge >= 0.3 is 0 Å². The highest BCUT2D eigenvalue weighted by Crippen LogP contribution is 2.15. The SMILES string of the molecule is N[C@@H](Cc1ccc(O)cc1)C(=O)N/N=C/c1ccc(N(CCCl)CCCl)cc1. The van der Waals surface area contributed by atoms with Crippen LogP contribution < -0.4 is 16.1 Å². The number of phenols is 1. The second-order valence-electron chi connectivity index (χ2n) is 6.17. The molecule has 150 valence electrons. The monoisotopic (exact) mass is 422 g/mol. The predicted molar refractivity (Wildman–Crippen MR) is 116 cm³/mol. The molecule has 0 spiro atoms. The number of amides is 1. The van der Waals surface area contributed by atoms with E-state index in [2.05, 4.69) is 15.4 Å². The zero-order valence-corrected chi connectivity index (χ0v) is 16.9. The number of phenolic OH excluding ortho intramolecular Hbond substituents is 1. The molecule has 1 atom stereocenters. The largest absolute Gasteiger partial charge is 0.508 e. The summed E-state index contributed by atoms with van der Waals surface area (Å²) in [6, 6.07) is 13.6. The van der Waals surface area contributed by atoms with Crippen molar-refractivity contribution in [1.82, 2.24) is 5.43 Å². The fourth-order valence-electron chi connectivity index (χ4n) is 2.58. The number of benzene rings is 2. The van der Waals surface area contributed by atoms with Gasteiger partial charge in [0.15, 0.2) is 0 Å². The summed E-state index contributed by atoms with van der Waals surface area (Å²) >= 11 is 11.7. The molecule has 0 saturated heterocycles. The van der Waals surface area contributed by atoms with Crippen molar-refractivity contribution in [1.29, 1.82) is 0 Å². The lowest BCUT2D eigenvalue weighted by Crippen LogP contribution is -2.39. The Kier molecular flexibility index (Phi) is 9.07. The van der Waals surface area contributed by atoms with Gasteiger partial charge in [0.05, 0.1) is 12.3 Å². The summed E-state index contributed by atoms with van der Waals surface area (Å²) in [5, 5.41) is 13.2. The summed E-state index contributed by atoms with van der Waals surface area (Å²) in [4.78, 5) is 14.2. The number of hydrazone groups is 1. The third-order valence-electron chi connectivity index (χ3n) is 4.08. The van der Waals surface area contributed by atoms with Crippen molar-refractivity contribution in [2.24, 2.45) is 10.8 Å². The molecule has 0 saturated carbocycles. The molecule has 0 unspecified atom stereocenters. The van der Waals surface area contributed by atoms with Crippen LogP contribution in [0.25, 0.3) is 0 Å². The summed E-state index contributed by atoms with van der Waals surface area (Å²) in [6.45, 7) is 1.44. The molecule has 0 aliphatic heterocycles. The van der Waals surface area contributed by atoms with E-state index < -0.39 is 6.04 Å². The van der Waals surface area contributed by atoms with E-state index in [1.165, 1.54) is 0 Å². The number of aromatic hydroxyl groups is 1. The smallest absolute Gasteiger partial charge is 0.257 e. The number of hydrogen-bond acceptors (Lipinski definition) is 5. The van der Waals surface area contributed by atoms with Crippen molar-refractivity contribution in [3.8, 4) is 5.75 Å². The Balaban J connectivity index is 1.87. The molecular formula is C20H24Cl2N4O2. The first-order chi connectivity index (χ1) is 13.5. The number of nitrogens with two attached hydrogens (primary N) is 1. The quantitative estimate of drug-likeness (QED) is 0.311. The first-order valence-electron chi connectivity index (χ1n) is 8.87. The maximum Gasteiger partial charge on any atom is 0.257 e. The van der Waals surface area contributed by atoms with Crippen LogP contribution in [0.2, 0.25) is 0 Å². The lowest BCUT2D eigenvalue weighted by atomic mass is 10.1. The molecule has 0 aliphatic carbocycles. The second kappa shape index (κ2) is 11.5. The number of anilines is 1. The van der Waals surface area contributed by atoms with E-state index >= 15 is 0 Å². The highest BCUT2D eigenvalue weighted by Gasteiger charge is 2.13. The van der Waals surface area contributed by atoms with Gasteiger partial charge in [0, 0.05) is 30.5 Å².